The molecule has 5 heteroatoms. The monoisotopic (exact) mass is 182 g/mol. The Bertz CT molecular complexity index is 305. The van der Waals surface area contributed by atoms with E-state index in [2.05, 4.69) is 24.0 Å². The minimum atomic E-state index is 0.0466. The van der Waals surface area contributed by atoms with Gasteiger partial charge in [-0.05, 0) is 13.3 Å². The summed E-state index contributed by atoms with van der Waals surface area (Å²) < 4.78 is 1.88. The van der Waals surface area contributed by atoms with Gasteiger partial charge >= 0.3 is 0 Å². The van der Waals surface area contributed by atoms with Gasteiger partial charge in [-0.25, -0.2) is 4.98 Å². The first kappa shape index (κ1) is 9.57. The van der Waals surface area contributed by atoms with E-state index in [1.807, 2.05) is 10.8 Å². The van der Waals surface area contributed by atoms with Gasteiger partial charge < -0.3 is 15.5 Å². The van der Waals surface area contributed by atoms with Crippen molar-refractivity contribution in [2.45, 2.75) is 26.3 Å². The fourth-order valence-electron chi connectivity index (χ4n) is 1.11. The second kappa shape index (κ2) is 3.93. The van der Waals surface area contributed by atoms with E-state index < -0.39 is 0 Å². The highest BCUT2D eigenvalue weighted by Crippen LogP contribution is 2.11. The molecular formula is C8H14N4O. The molecule has 1 aromatic rings. The van der Waals surface area contributed by atoms with Crippen LogP contribution >= 0.6 is 0 Å². The maximum absolute atomic E-state index is 8.50. The van der Waals surface area contributed by atoms with Crippen LogP contribution < -0.4 is 5.73 Å². The molecule has 0 aliphatic carbocycles. The Labute approximate surface area is 76.9 Å². The van der Waals surface area contributed by atoms with Crippen molar-refractivity contribution >= 4 is 5.84 Å². The third-order valence-electron chi connectivity index (χ3n) is 2.07. The molecule has 0 saturated heterocycles. The van der Waals surface area contributed by atoms with Gasteiger partial charge in [-0.3, -0.25) is 0 Å². The van der Waals surface area contributed by atoms with Crippen molar-refractivity contribution in [3.63, 3.8) is 0 Å². The van der Waals surface area contributed by atoms with Crippen LogP contribution in [0.4, 0.5) is 0 Å². The number of hydrogen-bond acceptors (Lipinski definition) is 3. The molecule has 0 radical (unpaired) electrons. The molecule has 3 N–H and O–H groups in total. The molecule has 13 heavy (non-hydrogen) atoms. The maximum atomic E-state index is 8.50. The number of nitrogens with zero attached hydrogens (tertiary/aromatic N) is 3. The Balaban J connectivity index is 3.02. The molecule has 0 spiro atoms. The number of oxime groups is 1. The van der Waals surface area contributed by atoms with Crippen molar-refractivity contribution in [2.24, 2.45) is 10.9 Å². The van der Waals surface area contributed by atoms with Gasteiger partial charge in [-0.1, -0.05) is 12.1 Å². The smallest absolute Gasteiger partial charge is 0.206 e. The second-order valence-corrected chi connectivity index (χ2v) is 2.90. The lowest BCUT2D eigenvalue weighted by molar-refractivity contribution is 0.318. The summed E-state index contributed by atoms with van der Waals surface area (Å²) in [5.41, 5.74) is 5.45. The number of rotatable bonds is 3. The normalized spacial score (nSPS) is 14.5. The molecule has 0 saturated carbocycles. The van der Waals surface area contributed by atoms with E-state index in [1.54, 1.807) is 6.20 Å². The van der Waals surface area contributed by atoms with E-state index >= 15 is 0 Å². The lowest BCUT2D eigenvalue weighted by Crippen LogP contribution is -2.21. The largest absolute Gasteiger partial charge is 0.409 e. The number of hydrogen-bond donors (Lipinski definition) is 2. The number of nitrogens with two attached hydrogens (primary N) is 1. The van der Waals surface area contributed by atoms with Gasteiger partial charge in [0, 0.05) is 18.4 Å². The van der Waals surface area contributed by atoms with E-state index in [4.69, 9.17) is 10.9 Å². The van der Waals surface area contributed by atoms with Crippen molar-refractivity contribution in [3.05, 3.63) is 18.2 Å². The first-order valence-corrected chi connectivity index (χ1v) is 4.21. The fraction of sp³-hybridized carbons (Fsp3) is 0.500. The Morgan fingerprint density at radius 1 is 1.85 bits per heavy atom. The minimum Gasteiger partial charge on any atom is -0.409 e. The van der Waals surface area contributed by atoms with Gasteiger partial charge in [0.05, 0.1) is 0 Å². The number of imidazole rings is 1. The summed E-state index contributed by atoms with van der Waals surface area (Å²) in [5.74, 6) is 0.558. The quantitative estimate of drug-likeness (QED) is 0.316. The summed E-state index contributed by atoms with van der Waals surface area (Å²) in [5, 5.41) is 11.4. The van der Waals surface area contributed by atoms with Crippen LogP contribution in [-0.2, 0) is 0 Å². The SMILES string of the molecule is CCC(C)n1ccnc1/C(N)=N/O. The summed E-state index contributed by atoms with van der Waals surface area (Å²) >= 11 is 0. The van der Waals surface area contributed by atoms with Crippen LogP contribution in [-0.4, -0.2) is 20.6 Å². The predicted octanol–water partition coefficient (Wildman–Crippen LogP) is 0.949. The van der Waals surface area contributed by atoms with Gasteiger partial charge in [-0.2, -0.15) is 0 Å². The van der Waals surface area contributed by atoms with E-state index in [9.17, 15) is 0 Å². The maximum Gasteiger partial charge on any atom is 0.206 e. The third kappa shape index (κ3) is 1.80. The van der Waals surface area contributed by atoms with Crippen molar-refractivity contribution < 1.29 is 5.21 Å². The number of aromatic nitrogens is 2. The molecule has 0 amide bonds. The third-order valence-corrected chi connectivity index (χ3v) is 2.07. The van der Waals surface area contributed by atoms with Gasteiger partial charge in [0.1, 0.15) is 0 Å². The highest BCUT2D eigenvalue weighted by molar-refractivity contribution is 5.93. The van der Waals surface area contributed by atoms with Crippen LogP contribution in [0.25, 0.3) is 0 Å². The molecule has 1 rings (SSSR count). The average molecular weight is 182 g/mol. The molecule has 1 heterocycles. The van der Waals surface area contributed by atoms with Crippen molar-refractivity contribution in [1.82, 2.24) is 9.55 Å². The molecule has 0 bridgehead atoms. The summed E-state index contributed by atoms with van der Waals surface area (Å²) in [6.45, 7) is 4.12. The lowest BCUT2D eigenvalue weighted by atomic mass is 10.2. The zero-order valence-electron chi connectivity index (χ0n) is 7.81. The highest BCUT2D eigenvalue weighted by Gasteiger charge is 2.11. The second-order valence-electron chi connectivity index (χ2n) is 2.90. The van der Waals surface area contributed by atoms with Gasteiger partial charge in [0.15, 0.2) is 5.82 Å². The van der Waals surface area contributed by atoms with E-state index in [0.29, 0.717) is 11.9 Å². The standard InChI is InChI=1S/C8H14N4O/c1-3-6(2)12-5-4-10-8(12)7(9)11-13/h4-6,13H,3H2,1-2H3,(H2,9,11). The first-order chi connectivity index (χ1) is 6.20. The minimum absolute atomic E-state index is 0.0466. The van der Waals surface area contributed by atoms with E-state index in [1.165, 1.54) is 0 Å². The molecule has 1 unspecified atom stereocenters. The van der Waals surface area contributed by atoms with Crippen LogP contribution in [0.15, 0.2) is 17.5 Å². The molecule has 0 aliphatic rings. The Morgan fingerprint density at radius 3 is 3.08 bits per heavy atom. The summed E-state index contributed by atoms with van der Waals surface area (Å²) in [6, 6.07) is 0.304. The zero-order chi connectivity index (χ0) is 9.84. The first-order valence-electron chi connectivity index (χ1n) is 4.21. The van der Waals surface area contributed by atoms with Crippen LogP contribution in [0.2, 0.25) is 0 Å². The van der Waals surface area contributed by atoms with Crippen LogP contribution in [0.3, 0.4) is 0 Å². The van der Waals surface area contributed by atoms with Crippen LogP contribution in [0.5, 0.6) is 0 Å². The molecule has 1 atom stereocenters. The lowest BCUT2D eigenvalue weighted by Gasteiger charge is -2.12. The Morgan fingerprint density at radius 2 is 2.54 bits per heavy atom. The summed E-state index contributed by atoms with van der Waals surface area (Å²) in [4.78, 5) is 4.00. The number of amidine groups is 1. The zero-order valence-corrected chi connectivity index (χ0v) is 7.81. The van der Waals surface area contributed by atoms with Crippen molar-refractivity contribution in [2.75, 3.05) is 0 Å². The van der Waals surface area contributed by atoms with E-state index in [-0.39, 0.29) is 5.84 Å². The van der Waals surface area contributed by atoms with Gasteiger partial charge in [-0.15, -0.1) is 0 Å². The van der Waals surface area contributed by atoms with Crippen molar-refractivity contribution in [3.8, 4) is 0 Å². The molecule has 0 fully saturated rings. The molecule has 0 aromatic carbocycles. The molecule has 72 valence electrons. The fourth-order valence-corrected chi connectivity index (χ4v) is 1.11. The van der Waals surface area contributed by atoms with E-state index in [0.717, 1.165) is 6.42 Å². The molecule has 1 aromatic heterocycles. The Hall–Kier alpha value is -1.52. The van der Waals surface area contributed by atoms with Crippen LogP contribution in [0, 0.1) is 0 Å². The van der Waals surface area contributed by atoms with Crippen molar-refractivity contribution in [1.29, 1.82) is 0 Å². The topological polar surface area (TPSA) is 76.4 Å². The average Bonchev–Trinajstić information content (AvgIpc) is 2.63. The van der Waals surface area contributed by atoms with Gasteiger partial charge in [0.25, 0.3) is 0 Å². The molecule has 0 aliphatic heterocycles. The Kier molecular flexibility index (Phi) is 2.89. The molecular weight excluding hydrogens is 168 g/mol. The molecule has 5 nitrogen and oxygen atoms in total. The predicted molar refractivity (Wildman–Crippen MR) is 49.7 cm³/mol. The summed E-state index contributed by atoms with van der Waals surface area (Å²) in [7, 11) is 0. The van der Waals surface area contributed by atoms with Gasteiger partial charge in [0.2, 0.25) is 5.84 Å². The van der Waals surface area contributed by atoms with Crippen LogP contribution in [0.1, 0.15) is 32.1 Å². The summed E-state index contributed by atoms with van der Waals surface area (Å²) in [6.07, 6.45) is 4.43. The highest BCUT2D eigenvalue weighted by atomic mass is 16.4.